The minimum absolute atomic E-state index is 0.0814. The maximum absolute atomic E-state index is 14.0. The summed E-state index contributed by atoms with van der Waals surface area (Å²) in [5.74, 6) is -3.14. The van der Waals surface area contributed by atoms with Crippen LogP contribution in [-0.2, 0) is 5.92 Å². The Morgan fingerprint density at radius 1 is 1.20 bits per heavy atom. The van der Waals surface area contributed by atoms with Gasteiger partial charge in [0.25, 0.3) is 0 Å². The third-order valence-corrected chi connectivity index (χ3v) is 2.87. The molecule has 0 N–H and O–H groups in total. The monoisotopic (exact) mass is 211 g/mol. The lowest BCUT2D eigenvalue weighted by atomic mass is 9.85. The van der Waals surface area contributed by atoms with Crippen LogP contribution in [-0.4, -0.2) is 16.5 Å². The second-order valence-corrected chi connectivity index (χ2v) is 4.18. The number of alkyl halides is 2. The normalized spacial score (nSPS) is 21.7. The molecule has 1 aromatic carbocycles. The molecule has 0 atom stereocenters. The Hall–Kier alpha value is -1.45. The van der Waals surface area contributed by atoms with Gasteiger partial charge in [-0.3, -0.25) is 0 Å². The fourth-order valence-corrected chi connectivity index (χ4v) is 1.65. The van der Waals surface area contributed by atoms with Gasteiger partial charge in [0.05, 0.1) is 0 Å². The molecule has 15 heavy (non-hydrogen) atoms. The summed E-state index contributed by atoms with van der Waals surface area (Å²) in [4.78, 5) is 0. The van der Waals surface area contributed by atoms with Crippen LogP contribution in [0.15, 0.2) is 24.3 Å². The highest BCUT2D eigenvalue weighted by atomic mass is 19.3. The van der Waals surface area contributed by atoms with Gasteiger partial charge in [-0.05, 0) is 6.07 Å². The predicted molar refractivity (Wildman–Crippen MR) is 53.2 cm³/mol. The van der Waals surface area contributed by atoms with Gasteiger partial charge in [-0.25, -0.2) is 0 Å². The Bertz CT molecular complexity index is 438. The van der Waals surface area contributed by atoms with Crippen molar-refractivity contribution in [3.63, 3.8) is 0 Å². The van der Waals surface area contributed by atoms with Crippen LogP contribution in [0.2, 0.25) is 0 Å². The quantitative estimate of drug-likeness (QED) is 0.478. The van der Waals surface area contributed by atoms with E-state index < -0.39 is 11.5 Å². The third-order valence-electron chi connectivity index (χ3n) is 2.87. The molecule has 0 aromatic heterocycles. The topological polar surface area (TPSA) is 26.1 Å². The highest BCUT2D eigenvalue weighted by Gasteiger charge is 2.58. The van der Waals surface area contributed by atoms with Gasteiger partial charge in [-0.15, -0.1) is 0 Å². The van der Waals surface area contributed by atoms with Gasteiger partial charge in [0.1, 0.15) is 0 Å². The lowest BCUT2D eigenvalue weighted by molar-refractivity contribution is -0.575. The molecule has 0 bridgehead atoms. The van der Waals surface area contributed by atoms with E-state index in [1.54, 1.807) is 12.1 Å². The van der Waals surface area contributed by atoms with Crippen molar-refractivity contribution in [2.75, 3.05) is 0 Å². The zero-order valence-electron chi connectivity index (χ0n) is 8.50. The summed E-state index contributed by atoms with van der Waals surface area (Å²) in [6.07, 6.45) is 1.22. The number of fused-ring (bicyclic) bond motifs is 1. The molecule has 1 aliphatic heterocycles. The summed E-state index contributed by atoms with van der Waals surface area (Å²) < 4.78 is 28.3. The number of hydrogen-bond acceptors (Lipinski definition) is 1. The van der Waals surface area contributed by atoms with Crippen LogP contribution in [0.25, 0.3) is 0 Å². The van der Waals surface area contributed by atoms with Crippen LogP contribution in [0.4, 0.5) is 8.78 Å². The third kappa shape index (κ3) is 1.17. The fourth-order valence-electron chi connectivity index (χ4n) is 1.65. The van der Waals surface area contributed by atoms with Crippen molar-refractivity contribution in [2.24, 2.45) is 0 Å². The van der Waals surface area contributed by atoms with Crippen molar-refractivity contribution in [2.45, 2.75) is 25.3 Å². The van der Waals surface area contributed by atoms with Gasteiger partial charge in [0, 0.05) is 25.0 Å². The lowest BCUT2D eigenvalue weighted by Crippen LogP contribution is -2.51. The van der Waals surface area contributed by atoms with Crippen molar-refractivity contribution in [1.82, 2.24) is 0 Å². The molecule has 0 saturated heterocycles. The summed E-state index contributed by atoms with van der Waals surface area (Å²) in [6, 6.07) is 6.07. The second kappa shape index (κ2) is 2.78. The smallest absolute Gasteiger partial charge is 0.337 e. The van der Waals surface area contributed by atoms with Gasteiger partial charge in [-0.1, -0.05) is 18.2 Å². The summed E-state index contributed by atoms with van der Waals surface area (Å²) in [6.45, 7) is 2.48. The first-order chi connectivity index (χ1) is 6.87. The maximum atomic E-state index is 14.0. The van der Waals surface area contributed by atoms with Gasteiger partial charge >= 0.3 is 5.92 Å². The Kier molecular flexibility index (Phi) is 1.87. The molecule has 0 aliphatic carbocycles. The van der Waals surface area contributed by atoms with E-state index in [0.29, 0.717) is 4.74 Å². The van der Waals surface area contributed by atoms with Gasteiger partial charge in [-0.2, -0.15) is 13.5 Å². The molecule has 1 heterocycles. The zero-order valence-corrected chi connectivity index (χ0v) is 8.50. The Morgan fingerprint density at radius 2 is 1.80 bits per heavy atom. The molecule has 0 radical (unpaired) electrons. The van der Waals surface area contributed by atoms with Crippen molar-refractivity contribution in [3.05, 3.63) is 40.6 Å². The number of nitrogens with zero attached hydrogens (tertiary/aromatic N) is 1. The molecule has 4 heteroatoms. The second-order valence-electron chi connectivity index (χ2n) is 4.18. The summed E-state index contributed by atoms with van der Waals surface area (Å²) in [7, 11) is 0. The molecular weight excluding hydrogens is 200 g/mol. The largest absolute Gasteiger partial charge is 0.623 e. The standard InChI is InChI=1S/C11H11F2NO/c1-10(2)11(12,13)9-6-4-3-5-8(9)7-14(10)15/h3-7H,1-2H3. The van der Waals surface area contributed by atoms with Crippen LogP contribution in [0, 0.1) is 5.21 Å². The van der Waals surface area contributed by atoms with Crippen LogP contribution in [0.5, 0.6) is 0 Å². The summed E-state index contributed by atoms with van der Waals surface area (Å²) >= 11 is 0. The maximum Gasteiger partial charge on any atom is 0.337 e. The Balaban J connectivity index is 2.73. The van der Waals surface area contributed by atoms with E-state index in [1.807, 2.05) is 0 Å². The molecule has 0 fully saturated rings. The number of hydroxylamine groups is 1. The highest BCUT2D eigenvalue weighted by Crippen LogP contribution is 2.43. The first-order valence-corrected chi connectivity index (χ1v) is 4.66. The molecule has 2 rings (SSSR count). The molecule has 1 aliphatic rings. The Labute approximate surface area is 86.4 Å². The van der Waals surface area contributed by atoms with Crippen LogP contribution >= 0.6 is 0 Å². The van der Waals surface area contributed by atoms with Crippen LogP contribution < -0.4 is 0 Å². The fraction of sp³-hybridized carbons (Fsp3) is 0.364. The number of hydrogen-bond donors (Lipinski definition) is 0. The number of halogens is 2. The van der Waals surface area contributed by atoms with Crippen molar-refractivity contribution in [1.29, 1.82) is 0 Å². The van der Waals surface area contributed by atoms with E-state index in [9.17, 15) is 14.0 Å². The van der Waals surface area contributed by atoms with E-state index >= 15 is 0 Å². The number of benzene rings is 1. The summed E-state index contributed by atoms with van der Waals surface area (Å²) in [5.41, 5.74) is -1.53. The van der Waals surface area contributed by atoms with Gasteiger partial charge < -0.3 is 5.21 Å². The van der Waals surface area contributed by atoms with E-state index in [4.69, 9.17) is 0 Å². The van der Waals surface area contributed by atoms with E-state index in [-0.39, 0.29) is 11.1 Å². The van der Waals surface area contributed by atoms with E-state index in [1.165, 1.54) is 32.2 Å². The average molecular weight is 211 g/mol. The van der Waals surface area contributed by atoms with Crippen LogP contribution in [0.3, 0.4) is 0 Å². The van der Waals surface area contributed by atoms with Gasteiger partial charge in [0.2, 0.25) is 5.54 Å². The minimum Gasteiger partial charge on any atom is -0.623 e. The molecule has 0 saturated carbocycles. The van der Waals surface area contributed by atoms with Crippen LogP contribution in [0.1, 0.15) is 25.0 Å². The average Bonchev–Trinajstić information content (AvgIpc) is 2.16. The van der Waals surface area contributed by atoms with Crippen molar-refractivity contribution < 1.29 is 13.5 Å². The molecule has 0 spiro atoms. The lowest BCUT2D eigenvalue weighted by Gasteiger charge is -2.35. The van der Waals surface area contributed by atoms with Gasteiger partial charge in [0.15, 0.2) is 6.21 Å². The summed E-state index contributed by atoms with van der Waals surface area (Å²) in [5, 5.41) is 11.5. The first kappa shape index (κ1) is 10.1. The molecule has 0 amide bonds. The highest BCUT2D eigenvalue weighted by molar-refractivity contribution is 5.80. The molecule has 80 valence electrons. The Morgan fingerprint density at radius 3 is 2.47 bits per heavy atom. The molecule has 2 nitrogen and oxygen atoms in total. The predicted octanol–water partition coefficient (Wildman–Crippen LogP) is 2.50. The van der Waals surface area contributed by atoms with E-state index in [2.05, 4.69) is 0 Å². The van der Waals surface area contributed by atoms with Crippen molar-refractivity contribution in [3.8, 4) is 0 Å². The SMILES string of the molecule is CC1(C)[N+]([O-])=Cc2ccccc2C1(F)F. The molecule has 0 unspecified atom stereocenters. The number of rotatable bonds is 0. The molecular formula is C11H11F2NO. The minimum atomic E-state index is -3.14. The van der Waals surface area contributed by atoms with E-state index in [0.717, 1.165) is 0 Å². The zero-order chi connectivity index (χ0) is 11.3. The van der Waals surface area contributed by atoms with Crippen molar-refractivity contribution >= 4 is 6.21 Å². The first-order valence-electron chi connectivity index (χ1n) is 4.66. The molecule has 1 aromatic rings.